The molecule has 0 aliphatic carbocycles. The molecular weight excluding hydrogens is 450 g/mol. The molecule has 0 spiro atoms. The molecule has 2 aromatic carbocycles. The van der Waals surface area contributed by atoms with Crippen LogP contribution in [0.3, 0.4) is 0 Å². The highest BCUT2D eigenvalue weighted by molar-refractivity contribution is 7.89. The van der Waals surface area contributed by atoms with Crippen molar-refractivity contribution in [3.8, 4) is 11.5 Å². The Balaban J connectivity index is 1.99. The Morgan fingerprint density at radius 2 is 1.73 bits per heavy atom. The summed E-state index contributed by atoms with van der Waals surface area (Å²) < 4.78 is 43.5. The van der Waals surface area contributed by atoms with Gasteiger partial charge in [-0.05, 0) is 30.2 Å². The molecule has 1 aliphatic rings. The number of sulfonamides is 1. The third kappa shape index (κ3) is 5.10. The van der Waals surface area contributed by atoms with Gasteiger partial charge in [0.15, 0.2) is 11.5 Å². The van der Waals surface area contributed by atoms with Crippen LogP contribution in [0.2, 0.25) is 0 Å². The van der Waals surface area contributed by atoms with Gasteiger partial charge in [0.25, 0.3) is 11.8 Å². The molecule has 0 bridgehead atoms. The molecule has 1 saturated heterocycles. The lowest BCUT2D eigenvalue weighted by atomic mass is 10.1. The highest BCUT2D eigenvalue weighted by Gasteiger charge is 2.29. The van der Waals surface area contributed by atoms with Crippen molar-refractivity contribution in [2.75, 3.05) is 45.8 Å². The molecule has 3 rings (SSSR count). The van der Waals surface area contributed by atoms with Crippen LogP contribution < -0.4 is 20.5 Å². The number of hydrogen-bond donors (Lipinski definition) is 2. The Bertz CT molecular complexity index is 1160. The van der Waals surface area contributed by atoms with E-state index < -0.39 is 21.8 Å². The number of ether oxygens (including phenoxy) is 3. The number of morpholine rings is 1. The predicted octanol–water partition coefficient (Wildman–Crippen LogP) is 1.64. The molecule has 3 N–H and O–H groups in total. The number of rotatable bonds is 8. The second-order valence-electron chi connectivity index (χ2n) is 7.26. The number of nitrogens with zero attached hydrogens (tertiary/aromatic N) is 1. The van der Waals surface area contributed by atoms with Crippen molar-refractivity contribution in [3.63, 3.8) is 0 Å². The fourth-order valence-corrected chi connectivity index (χ4v) is 5.26. The van der Waals surface area contributed by atoms with E-state index in [1.54, 1.807) is 6.07 Å². The van der Waals surface area contributed by atoms with Crippen LogP contribution in [0.5, 0.6) is 11.5 Å². The first-order chi connectivity index (χ1) is 15.7. The second kappa shape index (κ2) is 10.2. The van der Waals surface area contributed by atoms with Crippen molar-refractivity contribution in [1.29, 1.82) is 0 Å². The van der Waals surface area contributed by atoms with Gasteiger partial charge in [-0.1, -0.05) is 13.0 Å². The number of amides is 2. The number of benzene rings is 2. The largest absolute Gasteiger partial charge is 0.493 e. The molecule has 2 aromatic rings. The predicted molar refractivity (Wildman–Crippen MR) is 121 cm³/mol. The van der Waals surface area contributed by atoms with E-state index in [4.69, 9.17) is 19.9 Å². The minimum atomic E-state index is -3.81. The summed E-state index contributed by atoms with van der Waals surface area (Å²) >= 11 is 0. The molecule has 11 heteroatoms. The summed E-state index contributed by atoms with van der Waals surface area (Å²) in [4.78, 5) is 25.0. The Kier molecular flexibility index (Phi) is 7.57. The van der Waals surface area contributed by atoms with Crippen LogP contribution in [0.4, 0.5) is 5.69 Å². The third-order valence-electron chi connectivity index (χ3n) is 5.34. The van der Waals surface area contributed by atoms with Crippen molar-refractivity contribution in [2.45, 2.75) is 18.2 Å². The Morgan fingerprint density at radius 1 is 1.09 bits per heavy atom. The van der Waals surface area contributed by atoms with Crippen LogP contribution >= 0.6 is 0 Å². The molecule has 1 fully saturated rings. The minimum Gasteiger partial charge on any atom is -0.493 e. The Morgan fingerprint density at radius 3 is 2.30 bits per heavy atom. The van der Waals surface area contributed by atoms with E-state index in [1.807, 2.05) is 6.92 Å². The first kappa shape index (κ1) is 24.5. The summed E-state index contributed by atoms with van der Waals surface area (Å²) in [6.07, 6.45) is 0.475. The number of carbonyl (C=O) groups excluding carboxylic acids is 2. The van der Waals surface area contributed by atoms with Crippen molar-refractivity contribution < 1.29 is 32.2 Å². The van der Waals surface area contributed by atoms with E-state index in [0.717, 1.165) is 0 Å². The van der Waals surface area contributed by atoms with E-state index in [1.165, 1.54) is 42.8 Å². The number of nitrogens with one attached hydrogen (secondary N) is 1. The van der Waals surface area contributed by atoms with E-state index in [0.29, 0.717) is 25.2 Å². The summed E-state index contributed by atoms with van der Waals surface area (Å²) in [5.74, 6) is -0.820. The summed E-state index contributed by atoms with van der Waals surface area (Å²) in [6, 6.07) is 7.29. The standard InChI is InChI=1S/C22H27N3O7S/c1-4-14-5-6-15(11-20(14)33(28,29)25-7-9-32-10-8-25)22(27)24-17-13-19(31-3)18(30-2)12-16(17)21(23)26/h5-6,11-13H,4,7-10H2,1-3H3,(H2,23,26)(H,24,27). The van der Waals surface area contributed by atoms with E-state index in [9.17, 15) is 18.0 Å². The molecule has 178 valence electrons. The monoisotopic (exact) mass is 477 g/mol. The van der Waals surface area contributed by atoms with Gasteiger partial charge in [0, 0.05) is 24.7 Å². The molecule has 0 atom stereocenters. The number of hydrogen-bond acceptors (Lipinski definition) is 7. The summed E-state index contributed by atoms with van der Waals surface area (Å²) in [6.45, 7) is 2.97. The van der Waals surface area contributed by atoms with Crippen LogP contribution in [-0.4, -0.2) is 65.1 Å². The van der Waals surface area contributed by atoms with Gasteiger partial charge < -0.3 is 25.3 Å². The molecule has 0 radical (unpaired) electrons. The maximum Gasteiger partial charge on any atom is 0.255 e. The third-order valence-corrected chi connectivity index (χ3v) is 7.32. The summed E-state index contributed by atoms with van der Waals surface area (Å²) in [7, 11) is -0.987. The summed E-state index contributed by atoms with van der Waals surface area (Å²) in [5.41, 5.74) is 6.31. The number of nitrogens with two attached hydrogens (primary N) is 1. The van der Waals surface area contributed by atoms with Crippen molar-refractivity contribution in [1.82, 2.24) is 4.31 Å². The lowest BCUT2D eigenvalue weighted by Gasteiger charge is -2.27. The van der Waals surface area contributed by atoms with Crippen molar-refractivity contribution in [2.24, 2.45) is 5.73 Å². The lowest BCUT2D eigenvalue weighted by molar-refractivity contribution is 0.0730. The van der Waals surface area contributed by atoms with Crippen LogP contribution in [0.15, 0.2) is 35.2 Å². The average molecular weight is 478 g/mol. The van der Waals surface area contributed by atoms with Crippen molar-refractivity contribution >= 4 is 27.5 Å². The summed E-state index contributed by atoms with van der Waals surface area (Å²) in [5, 5.41) is 2.63. The SMILES string of the molecule is CCc1ccc(C(=O)Nc2cc(OC)c(OC)cc2C(N)=O)cc1S(=O)(=O)N1CCOCC1. The first-order valence-electron chi connectivity index (χ1n) is 10.3. The van der Waals surface area contributed by atoms with Gasteiger partial charge in [-0.2, -0.15) is 4.31 Å². The molecule has 1 heterocycles. The van der Waals surface area contributed by atoms with Crippen LogP contribution in [0.1, 0.15) is 33.2 Å². The lowest BCUT2D eigenvalue weighted by Crippen LogP contribution is -2.41. The molecular formula is C22H27N3O7S. The number of primary amides is 1. The van der Waals surface area contributed by atoms with Gasteiger partial charge in [-0.3, -0.25) is 9.59 Å². The fraction of sp³-hybridized carbons (Fsp3) is 0.364. The van der Waals surface area contributed by atoms with Gasteiger partial charge in [0.05, 0.1) is 43.6 Å². The maximum absolute atomic E-state index is 13.2. The van der Waals surface area contributed by atoms with Gasteiger partial charge in [0.1, 0.15) is 0 Å². The number of carbonyl (C=O) groups is 2. The zero-order valence-corrected chi connectivity index (χ0v) is 19.5. The smallest absolute Gasteiger partial charge is 0.255 e. The van der Waals surface area contributed by atoms with Gasteiger partial charge in [-0.25, -0.2) is 8.42 Å². The van der Waals surface area contributed by atoms with Gasteiger partial charge >= 0.3 is 0 Å². The fourth-order valence-electron chi connectivity index (χ4n) is 3.53. The number of anilines is 1. The molecule has 1 aliphatic heterocycles. The Hall–Kier alpha value is -3.15. The Labute approximate surface area is 192 Å². The molecule has 2 amide bonds. The molecule has 0 unspecified atom stereocenters. The molecule has 10 nitrogen and oxygen atoms in total. The van der Waals surface area contributed by atoms with Crippen molar-refractivity contribution in [3.05, 3.63) is 47.0 Å². The van der Waals surface area contributed by atoms with Gasteiger partial charge in [-0.15, -0.1) is 0 Å². The zero-order valence-electron chi connectivity index (χ0n) is 18.7. The highest BCUT2D eigenvalue weighted by Crippen LogP contribution is 2.33. The topological polar surface area (TPSA) is 137 Å². The number of methoxy groups -OCH3 is 2. The zero-order chi connectivity index (χ0) is 24.2. The maximum atomic E-state index is 13.2. The van der Waals surface area contributed by atoms with Gasteiger partial charge in [0.2, 0.25) is 10.0 Å². The average Bonchev–Trinajstić information content (AvgIpc) is 2.83. The van der Waals surface area contributed by atoms with E-state index in [2.05, 4.69) is 5.32 Å². The number of aryl methyl sites for hydroxylation is 1. The molecule has 0 aromatic heterocycles. The highest BCUT2D eigenvalue weighted by atomic mass is 32.2. The minimum absolute atomic E-state index is 0.0207. The second-order valence-corrected chi connectivity index (χ2v) is 9.17. The van der Waals surface area contributed by atoms with E-state index >= 15 is 0 Å². The molecule has 33 heavy (non-hydrogen) atoms. The van der Waals surface area contributed by atoms with Crippen LogP contribution in [-0.2, 0) is 21.2 Å². The molecule has 0 saturated carbocycles. The normalized spacial score (nSPS) is 14.5. The first-order valence-corrected chi connectivity index (χ1v) is 11.7. The van der Waals surface area contributed by atoms with Crippen LogP contribution in [0.25, 0.3) is 0 Å². The quantitative estimate of drug-likeness (QED) is 0.589. The van der Waals surface area contributed by atoms with Crippen LogP contribution in [0, 0.1) is 0 Å². The van der Waals surface area contributed by atoms with E-state index in [-0.39, 0.29) is 46.3 Å².